The van der Waals surface area contributed by atoms with Gasteiger partial charge in [-0.3, -0.25) is 0 Å². The highest BCUT2D eigenvalue weighted by molar-refractivity contribution is 6.20. The van der Waals surface area contributed by atoms with Crippen LogP contribution in [0.15, 0.2) is 18.2 Å². The predicted molar refractivity (Wildman–Crippen MR) is 90.3 cm³/mol. The normalized spacial score (nSPS) is 14.0. The lowest BCUT2D eigenvalue weighted by atomic mass is 9.95. The van der Waals surface area contributed by atoms with Crippen molar-refractivity contribution in [1.82, 2.24) is 0 Å². The van der Waals surface area contributed by atoms with Gasteiger partial charge in [0.1, 0.15) is 11.5 Å². The Hall–Kier alpha value is -0.890. The highest BCUT2D eigenvalue weighted by Crippen LogP contribution is 2.24. The fourth-order valence-electron chi connectivity index (χ4n) is 2.71. The Labute approximate surface area is 134 Å². The second-order valence-corrected chi connectivity index (χ2v) is 6.81. The maximum atomic E-state index is 9.48. The minimum atomic E-state index is 0.137. The molecule has 0 aliphatic rings. The van der Waals surface area contributed by atoms with E-state index in [0.717, 1.165) is 31.2 Å². The molecule has 0 spiro atoms. The molecular formula is C18H29ClO2. The largest absolute Gasteiger partial charge is 0.508 e. The molecule has 1 aromatic carbocycles. The van der Waals surface area contributed by atoms with Gasteiger partial charge in [-0.1, -0.05) is 46.0 Å². The van der Waals surface area contributed by atoms with Gasteiger partial charge in [-0.25, -0.2) is 0 Å². The summed E-state index contributed by atoms with van der Waals surface area (Å²) in [5, 5.41) is 19.3. The lowest BCUT2D eigenvalue weighted by molar-refractivity contribution is 0.444. The SMILES string of the molecule is CCCC[C@@H](Cl)CCCC[C@H](C)Cc1cc(O)cc(O)c1. The Morgan fingerprint density at radius 2 is 1.52 bits per heavy atom. The first-order chi connectivity index (χ1) is 10.0. The highest BCUT2D eigenvalue weighted by Gasteiger charge is 2.08. The number of phenolic OH excluding ortho intramolecular Hbond substituents is 2. The molecule has 0 unspecified atom stereocenters. The van der Waals surface area contributed by atoms with E-state index in [-0.39, 0.29) is 11.5 Å². The van der Waals surface area contributed by atoms with E-state index < -0.39 is 0 Å². The van der Waals surface area contributed by atoms with Crippen molar-refractivity contribution in [2.45, 2.75) is 70.6 Å². The fourth-order valence-corrected chi connectivity index (χ4v) is 3.02. The number of halogens is 1. The predicted octanol–water partition coefficient (Wildman–Crippen LogP) is 5.63. The molecule has 0 aliphatic heterocycles. The van der Waals surface area contributed by atoms with Gasteiger partial charge in [-0.05, 0) is 42.9 Å². The summed E-state index contributed by atoms with van der Waals surface area (Å²) in [6, 6.07) is 4.83. The third-order valence-corrected chi connectivity index (χ3v) is 4.32. The standard InChI is InChI=1S/C18H29ClO2/c1-3-4-8-16(19)9-6-5-7-14(2)10-15-11-17(20)13-18(21)12-15/h11-14,16,20-21H,3-10H2,1-2H3/t14-,16+/m0/s1. The van der Waals surface area contributed by atoms with Crippen molar-refractivity contribution in [3.05, 3.63) is 23.8 Å². The van der Waals surface area contributed by atoms with E-state index in [1.165, 1.54) is 31.7 Å². The van der Waals surface area contributed by atoms with Crippen LogP contribution in [0, 0.1) is 5.92 Å². The molecule has 0 fully saturated rings. The van der Waals surface area contributed by atoms with Gasteiger partial charge in [-0.2, -0.15) is 0 Å². The third kappa shape index (κ3) is 8.21. The molecule has 0 saturated carbocycles. The molecule has 0 aliphatic carbocycles. The third-order valence-electron chi connectivity index (χ3n) is 3.88. The molecule has 0 bridgehead atoms. The Kier molecular flexibility index (Phi) is 8.60. The van der Waals surface area contributed by atoms with Gasteiger partial charge in [0, 0.05) is 11.4 Å². The molecule has 2 N–H and O–H groups in total. The van der Waals surface area contributed by atoms with Crippen molar-refractivity contribution < 1.29 is 10.2 Å². The summed E-state index contributed by atoms with van der Waals surface area (Å²) >= 11 is 6.28. The Morgan fingerprint density at radius 3 is 2.14 bits per heavy atom. The smallest absolute Gasteiger partial charge is 0.119 e. The summed E-state index contributed by atoms with van der Waals surface area (Å²) < 4.78 is 0. The van der Waals surface area contributed by atoms with Crippen LogP contribution in [0.1, 0.15) is 64.4 Å². The summed E-state index contributed by atoms with van der Waals surface area (Å²) in [7, 11) is 0. The number of aromatic hydroxyl groups is 2. The molecule has 0 amide bonds. The zero-order chi connectivity index (χ0) is 15.7. The van der Waals surface area contributed by atoms with Crippen LogP contribution in [-0.4, -0.2) is 15.6 Å². The fraction of sp³-hybridized carbons (Fsp3) is 0.667. The number of rotatable bonds is 10. The molecule has 21 heavy (non-hydrogen) atoms. The average molecular weight is 313 g/mol. The number of benzene rings is 1. The molecule has 2 nitrogen and oxygen atoms in total. The van der Waals surface area contributed by atoms with Crippen molar-refractivity contribution in [3.8, 4) is 11.5 Å². The first-order valence-corrected chi connectivity index (χ1v) is 8.60. The minimum Gasteiger partial charge on any atom is -0.508 e. The number of unbranched alkanes of at least 4 members (excludes halogenated alkanes) is 2. The van der Waals surface area contributed by atoms with Crippen LogP contribution >= 0.6 is 11.6 Å². The first kappa shape index (κ1) is 18.2. The quantitative estimate of drug-likeness (QED) is 0.434. The zero-order valence-corrected chi connectivity index (χ0v) is 14.1. The van der Waals surface area contributed by atoms with E-state index >= 15 is 0 Å². The molecule has 120 valence electrons. The molecule has 0 heterocycles. The summed E-state index contributed by atoms with van der Waals surface area (Å²) in [4.78, 5) is 0. The first-order valence-electron chi connectivity index (χ1n) is 8.17. The summed E-state index contributed by atoms with van der Waals surface area (Å²) in [6.07, 6.45) is 9.13. The molecule has 0 radical (unpaired) electrons. The maximum Gasteiger partial charge on any atom is 0.119 e. The summed E-state index contributed by atoms with van der Waals surface area (Å²) in [6.45, 7) is 4.42. The van der Waals surface area contributed by atoms with Gasteiger partial charge in [0.05, 0.1) is 0 Å². The Bertz CT molecular complexity index is 386. The zero-order valence-electron chi connectivity index (χ0n) is 13.3. The van der Waals surface area contributed by atoms with Gasteiger partial charge in [0.2, 0.25) is 0 Å². The van der Waals surface area contributed by atoms with E-state index in [2.05, 4.69) is 13.8 Å². The van der Waals surface area contributed by atoms with Crippen LogP contribution in [0.25, 0.3) is 0 Å². The van der Waals surface area contributed by atoms with E-state index in [4.69, 9.17) is 11.6 Å². The van der Waals surface area contributed by atoms with E-state index in [9.17, 15) is 10.2 Å². The summed E-state index contributed by atoms with van der Waals surface area (Å²) in [5.41, 5.74) is 0.998. The Balaban J connectivity index is 2.20. The van der Waals surface area contributed by atoms with E-state index in [1.54, 1.807) is 12.1 Å². The number of hydrogen-bond acceptors (Lipinski definition) is 2. The van der Waals surface area contributed by atoms with Crippen molar-refractivity contribution >= 4 is 11.6 Å². The van der Waals surface area contributed by atoms with Gasteiger partial charge >= 0.3 is 0 Å². The van der Waals surface area contributed by atoms with E-state index in [1.807, 2.05) is 0 Å². The Morgan fingerprint density at radius 1 is 0.952 bits per heavy atom. The van der Waals surface area contributed by atoms with Crippen molar-refractivity contribution in [2.75, 3.05) is 0 Å². The molecule has 0 saturated heterocycles. The second-order valence-electron chi connectivity index (χ2n) is 6.19. The second kappa shape index (κ2) is 9.94. The van der Waals surface area contributed by atoms with Crippen LogP contribution in [0.3, 0.4) is 0 Å². The number of phenols is 2. The van der Waals surface area contributed by atoms with Gasteiger partial charge in [-0.15, -0.1) is 11.6 Å². The molecular weight excluding hydrogens is 284 g/mol. The van der Waals surface area contributed by atoms with Crippen LogP contribution in [0.4, 0.5) is 0 Å². The van der Waals surface area contributed by atoms with Gasteiger partial charge < -0.3 is 10.2 Å². The molecule has 3 heteroatoms. The minimum absolute atomic E-state index is 0.137. The van der Waals surface area contributed by atoms with Gasteiger partial charge in [0.15, 0.2) is 0 Å². The average Bonchev–Trinajstić information content (AvgIpc) is 2.40. The van der Waals surface area contributed by atoms with Gasteiger partial charge in [0.25, 0.3) is 0 Å². The van der Waals surface area contributed by atoms with Crippen LogP contribution in [-0.2, 0) is 6.42 Å². The van der Waals surface area contributed by atoms with E-state index in [0.29, 0.717) is 11.3 Å². The van der Waals surface area contributed by atoms with Crippen LogP contribution < -0.4 is 0 Å². The van der Waals surface area contributed by atoms with Crippen LogP contribution in [0.2, 0.25) is 0 Å². The number of hydrogen-bond donors (Lipinski definition) is 2. The number of alkyl halides is 1. The monoisotopic (exact) mass is 312 g/mol. The van der Waals surface area contributed by atoms with Crippen molar-refractivity contribution in [3.63, 3.8) is 0 Å². The molecule has 0 aromatic heterocycles. The van der Waals surface area contributed by atoms with Crippen molar-refractivity contribution in [2.24, 2.45) is 5.92 Å². The van der Waals surface area contributed by atoms with Crippen molar-refractivity contribution in [1.29, 1.82) is 0 Å². The lowest BCUT2D eigenvalue weighted by Crippen LogP contribution is -2.02. The maximum absolute atomic E-state index is 9.48. The molecule has 1 rings (SSSR count). The topological polar surface area (TPSA) is 40.5 Å². The molecule has 1 aromatic rings. The summed E-state index contributed by atoms with van der Waals surface area (Å²) in [5.74, 6) is 0.826. The van der Waals surface area contributed by atoms with Crippen LogP contribution in [0.5, 0.6) is 11.5 Å². The highest BCUT2D eigenvalue weighted by atomic mass is 35.5. The molecule has 2 atom stereocenters. The lowest BCUT2D eigenvalue weighted by Gasteiger charge is -2.13.